The lowest BCUT2D eigenvalue weighted by molar-refractivity contribution is 0.102. The van der Waals surface area contributed by atoms with Crippen molar-refractivity contribution in [1.82, 2.24) is 0 Å². The maximum Gasteiger partial charge on any atom is 0.172 e. The van der Waals surface area contributed by atoms with Crippen molar-refractivity contribution in [3.05, 3.63) is 35.9 Å². The van der Waals surface area contributed by atoms with E-state index < -0.39 is 0 Å². The average Bonchev–Trinajstić information content (AvgIpc) is 2.05. The molecule has 0 unspecified atom stereocenters. The van der Waals surface area contributed by atoms with Crippen molar-refractivity contribution in [2.24, 2.45) is 0 Å². The largest absolute Gasteiger partial charge is 0.293 e. The van der Waals surface area contributed by atoms with E-state index in [2.05, 4.69) is 12.6 Å². The summed E-state index contributed by atoms with van der Waals surface area (Å²) < 4.78 is 0. The molecular formula is C8H8OS. The molecule has 0 N–H and O–H groups in total. The topological polar surface area (TPSA) is 17.1 Å². The fourth-order valence-corrected chi connectivity index (χ4v) is 0.898. The van der Waals surface area contributed by atoms with Crippen molar-refractivity contribution < 1.29 is 4.79 Å². The molecule has 0 amide bonds. The van der Waals surface area contributed by atoms with Crippen LogP contribution in [0.15, 0.2) is 30.3 Å². The first-order valence-corrected chi connectivity index (χ1v) is 3.67. The van der Waals surface area contributed by atoms with E-state index >= 15 is 0 Å². The Labute approximate surface area is 65.5 Å². The van der Waals surface area contributed by atoms with Crippen molar-refractivity contribution in [2.75, 3.05) is 5.75 Å². The Bertz CT molecular complexity index is 218. The lowest BCUT2D eigenvalue weighted by Gasteiger charge is -1.93. The third-order valence-electron chi connectivity index (χ3n) is 1.24. The molecule has 1 nitrogen and oxygen atoms in total. The van der Waals surface area contributed by atoms with Gasteiger partial charge < -0.3 is 0 Å². The zero-order valence-corrected chi connectivity index (χ0v) is 6.34. The molecule has 1 aromatic rings. The van der Waals surface area contributed by atoms with E-state index in [0.717, 1.165) is 5.56 Å². The molecule has 0 aliphatic heterocycles. The first-order valence-electron chi connectivity index (χ1n) is 3.03. The van der Waals surface area contributed by atoms with Gasteiger partial charge in [0.25, 0.3) is 0 Å². The van der Waals surface area contributed by atoms with Gasteiger partial charge in [0.1, 0.15) is 0 Å². The summed E-state index contributed by atoms with van der Waals surface area (Å²) in [7, 11) is 0. The van der Waals surface area contributed by atoms with Crippen LogP contribution in [-0.4, -0.2) is 11.5 Å². The molecule has 1 rings (SSSR count). The highest BCUT2D eigenvalue weighted by atomic mass is 32.1. The van der Waals surface area contributed by atoms with Gasteiger partial charge in [-0.05, 0) is 0 Å². The summed E-state index contributed by atoms with van der Waals surface area (Å²) in [5, 5.41) is 0. The lowest BCUT2D eigenvalue weighted by atomic mass is 10.2. The predicted octanol–water partition coefficient (Wildman–Crippen LogP) is 1.80. The number of benzene rings is 1. The normalized spacial score (nSPS) is 9.30. The maximum atomic E-state index is 10.9. The van der Waals surface area contributed by atoms with Crippen molar-refractivity contribution in [2.45, 2.75) is 0 Å². The Morgan fingerprint density at radius 3 is 2.40 bits per heavy atom. The lowest BCUT2D eigenvalue weighted by Crippen LogP contribution is -1.98. The fourth-order valence-electron chi connectivity index (χ4n) is 0.715. The van der Waals surface area contributed by atoms with Crippen LogP contribution in [0.1, 0.15) is 10.4 Å². The summed E-state index contributed by atoms with van der Waals surface area (Å²) in [6, 6.07) is 9.15. The summed E-state index contributed by atoms with van der Waals surface area (Å²) in [5.74, 6) is 0.355. The van der Waals surface area contributed by atoms with Gasteiger partial charge in [-0.2, -0.15) is 12.6 Å². The van der Waals surface area contributed by atoms with Gasteiger partial charge in [0.2, 0.25) is 0 Å². The van der Waals surface area contributed by atoms with Crippen LogP contribution in [0.25, 0.3) is 0 Å². The SMILES string of the molecule is O=C(CS)c1ccccc1. The highest BCUT2D eigenvalue weighted by Crippen LogP contribution is 1.99. The molecule has 0 atom stereocenters. The minimum Gasteiger partial charge on any atom is -0.293 e. The molecule has 0 fully saturated rings. The van der Waals surface area contributed by atoms with E-state index in [1.165, 1.54) is 0 Å². The second-order valence-electron chi connectivity index (χ2n) is 1.95. The summed E-state index contributed by atoms with van der Waals surface area (Å²) >= 11 is 3.88. The number of ketones is 1. The molecule has 0 spiro atoms. The van der Waals surface area contributed by atoms with Gasteiger partial charge >= 0.3 is 0 Å². The Morgan fingerprint density at radius 2 is 1.90 bits per heavy atom. The number of rotatable bonds is 2. The Kier molecular flexibility index (Phi) is 2.51. The molecule has 0 saturated heterocycles. The van der Waals surface area contributed by atoms with Crippen LogP contribution in [0.2, 0.25) is 0 Å². The van der Waals surface area contributed by atoms with Crippen LogP contribution < -0.4 is 0 Å². The smallest absolute Gasteiger partial charge is 0.172 e. The van der Waals surface area contributed by atoms with Gasteiger partial charge in [0, 0.05) is 5.56 Å². The van der Waals surface area contributed by atoms with Crippen LogP contribution in [0, 0.1) is 0 Å². The summed E-state index contributed by atoms with van der Waals surface area (Å²) in [6.45, 7) is 0. The second-order valence-corrected chi connectivity index (χ2v) is 2.26. The van der Waals surface area contributed by atoms with Crippen molar-refractivity contribution in [3.63, 3.8) is 0 Å². The number of carbonyl (C=O) groups is 1. The standard InChI is InChI=1S/C8H8OS/c9-8(6-10)7-4-2-1-3-5-7/h1-5,10H,6H2. The van der Waals surface area contributed by atoms with Crippen molar-refractivity contribution in [3.8, 4) is 0 Å². The third-order valence-corrected chi connectivity index (χ3v) is 1.53. The summed E-state index contributed by atoms with van der Waals surface area (Å²) in [6.07, 6.45) is 0. The molecule has 0 aliphatic rings. The maximum absolute atomic E-state index is 10.9. The Morgan fingerprint density at radius 1 is 1.30 bits per heavy atom. The molecule has 1 aromatic carbocycles. The van der Waals surface area contributed by atoms with Gasteiger partial charge in [-0.15, -0.1) is 0 Å². The number of hydrogen-bond acceptors (Lipinski definition) is 2. The van der Waals surface area contributed by atoms with E-state index in [0.29, 0.717) is 0 Å². The molecule has 0 aliphatic carbocycles. The van der Waals surface area contributed by atoms with E-state index in [-0.39, 0.29) is 11.5 Å². The highest BCUT2D eigenvalue weighted by Gasteiger charge is 1.99. The number of carbonyl (C=O) groups excluding carboxylic acids is 1. The Hall–Kier alpha value is -0.760. The molecule has 0 radical (unpaired) electrons. The van der Waals surface area contributed by atoms with Gasteiger partial charge in [-0.25, -0.2) is 0 Å². The quantitative estimate of drug-likeness (QED) is 0.505. The molecule has 52 valence electrons. The van der Waals surface area contributed by atoms with Crippen molar-refractivity contribution in [1.29, 1.82) is 0 Å². The zero-order chi connectivity index (χ0) is 7.40. The number of thiol groups is 1. The number of Topliss-reactive ketones (excluding diaryl/α,β-unsaturated/α-hetero) is 1. The van der Waals surface area contributed by atoms with E-state index in [4.69, 9.17) is 0 Å². The second kappa shape index (κ2) is 3.42. The molecule has 10 heavy (non-hydrogen) atoms. The highest BCUT2D eigenvalue weighted by molar-refractivity contribution is 7.81. The number of hydrogen-bond donors (Lipinski definition) is 1. The molecule has 0 heterocycles. The summed E-state index contributed by atoms with van der Waals surface area (Å²) in [5.41, 5.74) is 0.734. The van der Waals surface area contributed by atoms with Gasteiger partial charge in [0.15, 0.2) is 5.78 Å². The van der Waals surface area contributed by atoms with Gasteiger partial charge in [-0.1, -0.05) is 30.3 Å². The first kappa shape index (κ1) is 7.35. The minimum atomic E-state index is 0.0731. The summed E-state index contributed by atoms with van der Waals surface area (Å²) in [4.78, 5) is 10.9. The van der Waals surface area contributed by atoms with E-state index in [1.807, 2.05) is 18.2 Å². The average molecular weight is 152 g/mol. The fraction of sp³-hybridized carbons (Fsp3) is 0.125. The van der Waals surface area contributed by atoms with Crippen molar-refractivity contribution >= 4 is 18.4 Å². The van der Waals surface area contributed by atoms with E-state index in [1.54, 1.807) is 12.1 Å². The van der Waals surface area contributed by atoms with Crippen LogP contribution in [0.5, 0.6) is 0 Å². The van der Waals surface area contributed by atoms with Gasteiger partial charge in [0.05, 0.1) is 5.75 Å². The monoisotopic (exact) mass is 152 g/mol. The zero-order valence-electron chi connectivity index (χ0n) is 5.45. The molecular weight excluding hydrogens is 144 g/mol. The first-order chi connectivity index (χ1) is 4.84. The van der Waals surface area contributed by atoms with Crippen LogP contribution >= 0.6 is 12.6 Å². The molecule has 0 bridgehead atoms. The minimum absolute atomic E-state index is 0.0731. The molecule has 0 aromatic heterocycles. The van der Waals surface area contributed by atoms with Crippen LogP contribution in [-0.2, 0) is 0 Å². The van der Waals surface area contributed by atoms with Crippen LogP contribution in [0.3, 0.4) is 0 Å². The Balaban J connectivity index is 2.85. The molecule has 2 heteroatoms. The van der Waals surface area contributed by atoms with E-state index in [9.17, 15) is 4.79 Å². The van der Waals surface area contributed by atoms with Crippen LogP contribution in [0.4, 0.5) is 0 Å². The third kappa shape index (κ3) is 1.61. The van der Waals surface area contributed by atoms with Gasteiger partial charge in [-0.3, -0.25) is 4.79 Å². The molecule has 0 saturated carbocycles. The predicted molar refractivity (Wildman–Crippen MR) is 44.6 cm³/mol.